The van der Waals surface area contributed by atoms with E-state index < -0.39 is 0 Å². The van der Waals surface area contributed by atoms with Crippen molar-refractivity contribution in [3.63, 3.8) is 0 Å². The molecule has 0 aliphatic heterocycles. The smallest absolute Gasteiger partial charge is 0.00977 e. The molecule has 24 heavy (non-hydrogen) atoms. The average molecular weight is 357 g/mol. The van der Waals surface area contributed by atoms with Crippen molar-refractivity contribution in [1.82, 2.24) is 0 Å². The van der Waals surface area contributed by atoms with Gasteiger partial charge in [0.05, 0.1) is 0 Å². The number of hydrogen-bond acceptors (Lipinski definition) is 1. The van der Waals surface area contributed by atoms with Gasteiger partial charge in [0.15, 0.2) is 0 Å². The maximum absolute atomic E-state index is 4.45. The van der Waals surface area contributed by atoms with Crippen molar-refractivity contribution in [3.05, 3.63) is 0 Å². The topological polar surface area (TPSA) is 0 Å². The van der Waals surface area contributed by atoms with Gasteiger partial charge in [-0.3, -0.25) is 0 Å². The molecule has 0 rings (SSSR count). The third kappa shape index (κ3) is 15.9. The molecule has 0 aromatic heterocycles. The van der Waals surface area contributed by atoms with Crippen LogP contribution in [0.2, 0.25) is 0 Å². The molecule has 1 heteroatoms. The highest BCUT2D eigenvalue weighted by Gasteiger charge is 2.22. The molecule has 0 N–H and O–H groups in total. The summed E-state index contributed by atoms with van der Waals surface area (Å²) in [5.41, 5.74) is 0.593. The molecule has 0 bridgehead atoms. The van der Waals surface area contributed by atoms with Crippen LogP contribution in [0.15, 0.2) is 0 Å². The zero-order chi connectivity index (χ0) is 17.9. The molecule has 0 unspecified atom stereocenters. The molecule has 0 aromatic rings. The lowest BCUT2D eigenvalue weighted by Crippen LogP contribution is -2.17. The van der Waals surface area contributed by atoms with E-state index in [4.69, 9.17) is 0 Å². The molecule has 0 saturated carbocycles. The summed E-state index contributed by atoms with van der Waals surface area (Å²) in [6.45, 7) is 7.16. The molecule has 0 saturated heterocycles. The van der Waals surface area contributed by atoms with E-state index in [-0.39, 0.29) is 0 Å². The van der Waals surface area contributed by atoms with Gasteiger partial charge in [-0.25, -0.2) is 0 Å². The van der Waals surface area contributed by atoms with Crippen LogP contribution in [0, 0.1) is 5.41 Å². The van der Waals surface area contributed by atoms with E-state index in [1.54, 1.807) is 0 Å². The van der Waals surface area contributed by atoms with Gasteiger partial charge in [-0.05, 0) is 36.9 Å². The Labute approximate surface area is 160 Å². The zero-order valence-electron chi connectivity index (χ0n) is 17.4. The van der Waals surface area contributed by atoms with Gasteiger partial charge in [-0.1, -0.05) is 111 Å². The maximum atomic E-state index is 4.45. The van der Waals surface area contributed by atoms with E-state index in [1.165, 1.54) is 116 Å². The quantitative estimate of drug-likeness (QED) is 0.173. The average Bonchev–Trinajstić information content (AvgIpc) is 2.58. The van der Waals surface area contributed by atoms with Crippen molar-refractivity contribution in [2.45, 2.75) is 136 Å². The van der Waals surface area contributed by atoms with Crippen molar-refractivity contribution in [2.75, 3.05) is 5.75 Å². The Morgan fingerprint density at radius 3 is 1.21 bits per heavy atom. The van der Waals surface area contributed by atoms with Crippen LogP contribution in [0.1, 0.15) is 136 Å². The fraction of sp³-hybridized carbons (Fsp3) is 1.00. The second-order valence-corrected chi connectivity index (χ2v) is 8.83. The predicted octanol–water partition coefficient (Wildman–Crippen LogP) is 8.98. The molecule has 0 aliphatic carbocycles. The van der Waals surface area contributed by atoms with Gasteiger partial charge in [-0.15, -0.1) is 0 Å². The SMILES string of the molecule is CCCCCCCCCC(C)(CCCS)CCCCCCCCC. The highest BCUT2D eigenvalue weighted by Crippen LogP contribution is 2.36. The molecule has 0 atom stereocenters. The number of hydrogen-bond donors (Lipinski definition) is 1. The molecule has 146 valence electrons. The molecular formula is C23H48S. The fourth-order valence-corrected chi connectivity index (χ4v) is 4.06. The zero-order valence-corrected chi connectivity index (χ0v) is 18.3. The van der Waals surface area contributed by atoms with Gasteiger partial charge in [0.25, 0.3) is 0 Å². The van der Waals surface area contributed by atoms with Crippen molar-refractivity contribution in [3.8, 4) is 0 Å². The molecule has 0 amide bonds. The van der Waals surface area contributed by atoms with Crippen molar-refractivity contribution < 1.29 is 0 Å². The summed E-state index contributed by atoms with van der Waals surface area (Å²) in [5, 5.41) is 0. The fourth-order valence-electron chi connectivity index (χ4n) is 3.90. The Balaban J connectivity index is 3.81. The summed E-state index contributed by atoms with van der Waals surface area (Å²) in [4.78, 5) is 0. The minimum atomic E-state index is 0.593. The van der Waals surface area contributed by atoms with Crippen molar-refractivity contribution in [1.29, 1.82) is 0 Å². The third-order valence-corrected chi connectivity index (χ3v) is 6.02. The summed E-state index contributed by atoms with van der Waals surface area (Å²) in [6.07, 6.45) is 25.7. The minimum Gasteiger partial charge on any atom is -0.179 e. The lowest BCUT2D eigenvalue weighted by Gasteiger charge is -2.30. The molecule has 0 aromatic carbocycles. The molecule has 0 fully saturated rings. The Bertz CT molecular complexity index is 218. The standard InChI is InChI=1S/C23H48S/c1-4-6-8-10-12-14-16-19-23(3,21-18-22-24)20-17-15-13-11-9-7-5-2/h24H,4-22H2,1-3H3. The van der Waals surface area contributed by atoms with Crippen LogP contribution < -0.4 is 0 Å². The summed E-state index contributed by atoms with van der Waals surface area (Å²) >= 11 is 4.45. The van der Waals surface area contributed by atoms with E-state index in [0.717, 1.165) is 5.75 Å². The van der Waals surface area contributed by atoms with Crippen LogP contribution >= 0.6 is 12.6 Å². The van der Waals surface area contributed by atoms with Gasteiger partial charge in [0.1, 0.15) is 0 Å². The maximum Gasteiger partial charge on any atom is -0.00977 e. The predicted molar refractivity (Wildman–Crippen MR) is 116 cm³/mol. The van der Waals surface area contributed by atoms with E-state index in [2.05, 4.69) is 33.4 Å². The van der Waals surface area contributed by atoms with Crippen molar-refractivity contribution >= 4 is 12.6 Å². The molecule has 0 spiro atoms. The van der Waals surface area contributed by atoms with E-state index >= 15 is 0 Å². The van der Waals surface area contributed by atoms with Crippen LogP contribution in [0.25, 0.3) is 0 Å². The van der Waals surface area contributed by atoms with E-state index in [9.17, 15) is 0 Å². The molecular weight excluding hydrogens is 308 g/mol. The Hall–Kier alpha value is 0.350. The molecule has 0 radical (unpaired) electrons. The van der Waals surface area contributed by atoms with Crippen LogP contribution in [-0.2, 0) is 0 Å². The minimum absolute atomic E-state index is 0.593. The number of rotatable bonds is 19. The summed E-state index contributed by atoms with van der Waals surface area (Å²) in [6, 6.07) is 0. The first-order valence-electron chi connectivity index (χ1n) is 11.3. The largest absolute Gasteiger partial charge is 0.179 e. The molecule has 0 heterocycles. The van der Waals surface area contributed by atoms with Gasteiger partial charge in [0.2, 0.25) is 0 Å². The lowest BCUT2D eigenvalue weighted by molar-refractivity contribution is 0.229. The molecule has 0 nitrogen and oxygen atoms in total. The van der Waals surface area contributed by atoms with Gasteiger partial charge in [0, 0.05) is 0 Å². The van der Waals surface area contributed by atoms with Crippen LogP contribution in [0.5, 0.6) is 0 Å². The normalized spacial score (nSPS) is 12.0. The summed E-state index contributed by atoms with van der Waals surface area (Å²) in [5.74, 6) is 1.06. The van der Waals surface area contributed by atoms with Crippen LogP contribution in [0.3, 0.4) is 0 Å². The van der Waals surface area contributed by atoms with Crippen LogP contribution in [-0.4, -0.2) is 5.75 Å². The second-order valence-electron chi connectivity index (χ2n) is 8.38. The van der Waals surface area contributed by atoms with Gasteiger partial charge < -0.3 is 0 Å². The number of thiol groups is 1. The van der Waals surface area contributed by atoms with Gasteiger partial charge >= 0.3 is 0 Å². The summed E-state index contributed by atoms with van der Waals surface area (Å²) < 4.78 is 0. The highest BCUT2D eigenvalue weighted by atomic mass is 32.1. The third-order valence-electron chi connectivity index (χ3n) is 5.71. The second kappa shape index (κ2) is 18.2. The van der Waals surface area contributed by atoms with E-state index in [0.29, 0.717) is 5.41 Å². The first-order valence-corrected chi connectivity index (χ1v) is 11.9. The van der Waals surface area contributed by atoms with Crippen molar-refractivity contribution in [2.24, 2.45) is 5.41 Å². The van der Waals surface area contributed by atoms with Crippen LogP contribution in [0.4, 0.5) is 0 Å². The van der Waals surface area contributed by atoms with E-state index in [1.807, 2.05) is 0 Å². The Kier molecular flexibility index (Phi) is 18.4. The highest BCUT2D eigenvalue weighted by molar-refractivity contribution is 7.80. The first-order chi connectivity index (χ1) is 11.7. The lowest BCUT2D eigenvalue weighted by atomic mass is 9.76. The molecule has 0 aliphatic rings. The Morgan fingerprint density at radius 2 is 0.833 bits per heavy atom. The van der Waals surface area contributed by atoms with Gasteiger partial charge in [-0.2, -0.15) is 12.6 Å². The number of unbranched alkanes of at least 4 members (excludes halogenated alkanes) is 12. The first kappa shape index (κ1) is 24.4. The summed E-state index contributed by atoms with van der Waals surface area (Å²) in [7, 11) is 0. The Morgan fingerprint density at radius 1 is 0.500 bits per heavy atom. The monoisotopic (exact) mass is 356 g/mol.